The van der Waals surface area contributed by atoms with Gasteiger partial charge in [-0.3, -0.25) is 0 Å². The molecule has 20 heavy (non-hydrogen) atoms. The van der Waals surface area contributed by atoms with E-state index in [1.54, 1.807) is 16.8 Å². The summed E-state index contributed by atoms with van der Waals surface area (Å²) in [5.41, 5.74) is 1.24. The van der Waals surface area contributed by atoms with Gasteiger partial charge < -0.3 is 5.11 Å². The van der Waals surface area contributed by atoms with Crippen molar-refractivity contribution in [2.75, 3.05) is 0 Å². The molecule has 2 aromatic rings. The largest absolute Gasteiger partial charge is 0.475 e. The van der Waals surface area contributed by atoms with Gasteiger partial charge in [-0.25, -0.2) is 14.5 Å². The number of carboxylic acids is 1. The summed E-state index contributed by atoms with van der Waals surface area (Å²) in [5, 5.41) is 13.8. The van der Waals surface area contributed by atoms with Gasteiger partial charge in [0.2, 0.25) is 0 Å². The van der Waals surface area contributed by atoms with Crippen molar-refractivity contribution in [1.82, 2.24) is 14.8 Å². The molecule has 0 amide bonds. The van der Waals surface area contributed by atoms with Gasteiger partial charge >= 0.3 is 5.97 Å². The number of hydrogen-bond donors (Lipinski definition) is 1. The Balaban J connectivity index is 2.72. The number of carbonyl (C=O) groups is 1. The Labute approximate surface area is 122 Å². The van der Waals surface area contributed by atoms with Gasteiger partial charge in [-0.1, -0.05) is 38.4 Å². The molecule has 2 rings (SSSR count). The van der Waals surface area contributed by atoms with Crippen molar-refractivity contribution in [1.29, 1.82) is 0 Å². The van der Waals surface area contributed by atoms with Crippen LogP contribution in [0.15, 0.2) is 18.2 Å². The van der Waals surface area contributed by atoms with Crippen LogP contribution in [0.1, 0.15) is 42.8 Å². The smallest absolute Gasteiger partial charge is 0.375 e. The molecule has 1 aromatic carbocycles. The van der Waals surface area contributed by atoms with Crippen LogP contribution in [0.3, 0.4) is 0 Å². The van der Waals surface area contributed by atoms with Gasteiger partial charge in [0, 0.05) is 10.4 Å². The monoisotopic (exact) mass is 293 g/mol. The Kier molecular flexibility index (Phi) is 3.56. The zero-order chi connectivity index (χ0) is 15.1. The maximum atomic E-state index is 11.1. The van der Waals surface area contributed by atoms with Crippen LogP contribution in [-0.2, 0) is 5.41 Å². The SMILES string of the molecule is Cc1c(Cl)cccc1-n1nc(C(=O)O)nc1C(C)(C)C. The first kappa shape index (κ1) is 14.5. The topological polar surface area (TPSA) is 68.0 Å². The van der Waals surface area contributed by atoms with E-state index in [-0.39, 0.29) is 11.2 Å². The number of nitrogens with zero attached hydrogens (tertiary/aromatic N) is 3. The van der Waals surface area contributed by atoms with Crippen molar-refractivity contribution < 1.29 is 9.90 Å². The van der Waals surface area contributed by atoms with Crippen molar-refractivity contribution >= 4 is 17.6 Å². The van der Waals surface area contributed by atoms with E-state index in [4.69, 9.17) is 16.7 Å². The summed E-state index contributed by atoms with van der Waals surface area (Å²) in [7, 11) is 0. The Morgan fingerprint density at radius 3 is 2.55 bits per heavy atom. The highest BCUT2D eigenvalue weighted by Crippen LogP contribution is 2.27. The lowest BCUT2D eigenvalue weighted by Gasteiger charge is -2.19. The van der Waals surface area contributed by atoms with E-state index in [9.17, 15) is 4.79 Å². The van der Waals surface area contributed by atoms with E-state index < -0.39 is 5.97 Å². The summed E-state index contributed by atoms with van der Waals surface area (Å²) in [4.78, 5) is 15.2. The molecule has 0 radical (unpaired) electrons. The fraction of sp³-hybridized carbons (Fsp3) is 0.357. The highest BCUT2D eigenvalue weighted by molar-refractivity contribution is 6.31. The summed E-state index contributed by atoms with van der Waals surface area (Å²) >= 11 is 6.12. The number of aromatic nitrogens is 3. The molecule has 6 heteroatoms. The zero-order valence-electron chi connectivity index (χ0n) is 11.8. The van der Waals surface area contributed by atoms with Gasteiger partial charge in [0.25, 0.3) is 5.82 Å². The van der Waals surface area contributed by atoms with E-state index in [2.05, 4.69) is 10.1 Å². The summed E-state index contributed by atoms with van der Waals surface area (Å²) in [5.74, 6) is -0.775. The van der Waals surface area contributed by atoms with Crippen LogP contribution in [0.4, 0.5) is 0 Å². The molecule has 0 spiro atoms. The van der Waals surface area contributed by atoms with E-state index in [0.29, 0.717) is 10.8 Å². The molecule has 1 aromatic heterocycles. The van der Waals surface area contributed by atoms with Crippen LogP contribution < -0.4 is 0 Å². The summed E-state index contributed by atoms with van der Waals surface area (Å²) in [6, 6.07) is 5.43. The Hall–Kier alpha value is -1.88. The average Bonchev–Trinajstić information content (AvgIpc) is 2.77. The van der Waals surface area contributed by atoms with Gasteiger partial charge in [-0.15, -0.1) is 5.10 Å². The number of rotatable bonds is 2. The van der Waals surface area contributed by atoms with Gasteiger partial charge in [-0.2, -0.15) is 0 Å². The number of hydrogen-bond acceptors (Lipinski definition) is 3. The van der Waals surface area contributed by atoms with Crippen molar-refractivity contribution in [3.63, 3.8) is 0 Å². The van der Waals surface area contributed by atoms with Gasteiger partial charge in [-0.05, 0) is 24.6 Å². The molecule has 0 bridgehead atoms. The lowest BCUT2D eigenvalue weighted by molar-refractivity contribution is 0.0683. The van der Waals surface area contributed by atoms with Crippen molar-refractivity contribution in [3.8, 4) is 5.69 Å². The first-order valence-corrected chi connectivity index (χ1v) is 6.56. The molecule has 0 fully saturated rings. The molecule has 106 valence electrons. The third kappa shape index (κ3) is 2.54. The van der Waals surface area contributed by atoms with Crippen LogP contribution in [0.5, 0.6) is 0 Å². The van der Waals surface area contributed by atoms with Crippen molar-refractivity contribution in [3.05, 3.63) is 40.4 Å². The number of aromatic carboxylic acids is 1. The molecule has 0 aliphatic carbocycles. The second-order valence-corrected chi connectivity index (χ2v) is 6.02. The fourth-order valence-corrected chi connectivity index (χ4v) is 2.05. The maximum Gasteiger partial charge on any atom is 0.375 e. The average molecular weight is 294 g/mol. The number of benzene rings is 1. The molecule has 0 saturated carbocycles. The molecule has 0 unspecified atom stereocenters. The lowest BCUT2D eigenvalue weighted by Crippen LogP contribution is -2.19. The van der Waals surface area contributed by atoms with Crippen LogP contribution in [0.25, 0.3) is 5.69 Å². The highest BCUT2D eigenvalue weighted by atomic mass is 35.5. The molecule has 0 aliphatic heterocycles. The van der Waals surface area contributed by atoms with Gasteiger partial charge in [0.15, 0.2) is 0 Å². The Bertz CT molecular complexity index is 672. The summed E-state index contributed by atoms with van der Waals surface area (Å²) in [6.45, 7) is 7.74. The van der Waals surface area contributed by atoms with E-state index >= 15 is 0 Å². The molecular weight excluding hydrogens is 278 g/mol. The quantitative estimate of drug-likeness (QED) is 0.923. The molecule has 1 N–H and O–H groups in total. The van der Waals surface area contributed by atoms with Crippen molar-refractivity contribution in [2.45, 2.75) is 33.1 Å². The van der Waals surface area contributed by atoms with Gasteiger partial charge in [0.1, 0.15) is 5.82 Å². The minimum Gasteiger partial charge on any atom is -0.475 e. The molecule has 0 saturated heterocycles. The summed E-state index contributed by atoms with van der Waals surface area (Å²) < 4.78 is 1.56. The normalized spacial score (nSPS) is 11.7. The second-order valence-electron chi connectivity index (χ2n) is 5.61. The summed E-state index contributed by atoms with van der Waals surface area (Å²) in [6.07, 6.45) is 0. The highest BCUT2D eigenvalue weighted by Gasteiger charge is 2.26. The molecule has 5 nitrogen and oxygen atoms in total. The predicted molar refractivity (Wildman–Crippen MR) is 76.8 cm³/mol. The first-order valence-electron chi connectivity index (χ1n) is 6.18. The predicted octanol–water partition coefficient (Wildman–Crippen LogP) is 3.22. The standard InChI is InChI=1S/C14H16ClN3O2/c1-8-9(15)6-5-7-10(8)18-13(14(2,3)4)16-11(17-18)12(19)20/h5-7H,1-4H3,(H,19,20). The second kappa shape index (κ2) is 4.90. The molecular formula is C14H16ClN3O2. The fourth-order valence-electron chi connectivity index (χ4n) is 1.88. The molecule has 1 heterocycles. The third-order valence-electron chi connectivity index (χ3n) is 2.94. The minimum atomic E-state index is -1.14. The first-order chi connectivity index (χ1) is 9.21. The third-order valence-corrected chi connectivity index (χ3v) is 3.35. The zero-order valence-corrected chi connectivity index (χ0v) is 12.6. The Morgan fingerprint density at radius 2 is 2.00 bits per heavy atom. The van der Waals surface area contributed by atoms with Crippen LogP contribution in [-0.4, -0.2) is 25.8 Å². The number of carboxylic acid groups (broad SMARTS) is 1. The minimum absolute atomic E-state index is 0.214. The van der Waals surface area contributed by atoms with E-state index in [1.807, 2.05) is 33.8 Å². The van der Waals surface area contributed by atoms with Crippen LogP contribution >= 0.6 is 11.6 Å². The number of halogens is 1. The molecule has 0 atom stereocenters. The van der Waals surface area contributed by atoms with E-state index in [0.717, 1.165) is 11.3 Å². The van der Waals surface area contributed by atoms with Gasteiger partial charge in [0.05, 0.1) is 5.69 Å². The van der Waals surface area contributed by atoms with Crippen molar-refractivity contribution in [2.24, 2.45) is 0 Å². The molecule has 0 aliphatic rings. The Morgan fingerprint density at radius 1 is 1.35 bits per heavy atom. The lowest BCUT2D eigenvalue weighted by atomic mass is 9.95. The maximum absolute atomic E-state index is 11.1. The van der Waals surface area contributed by atoms with Crippen LogP contribution in [0, 0.1) is 6.92 Å². The van der Waals surface area contributed by atoms with Crippen LogP contribution in [0.2, 0.25) is 5.02 Å². The van der Waals surface area contributed by atoms with E-state index in [1.165, 1.54) is 0 Å².